The van der Waals surface area contributed by atoms with Crippen LogP contribution < -0.4 is 5.32 Å². The minimum atomic E-state index is -0.353. The van der Waals surface area contributed by atoms with Crippen molar-refractivity contribution in [1.82, 2.24) is 25.0 Å². The van der Waals surface area contributed by atoms with E-state index in [1.807, 2.05) is 48.9 Å². The number of aryl methyl sites for hydroxylation is 1. The minimum absolute atomic E-state index is 0.0222. The van der Waals surface area contributed by atoms with Gasteiger partial charge in [0.05, 0.1) is 11.7 Å². The van der Waals surface area contributed by atoms with E-state index < -0.39 is 0 Å². The lowest BCUT2D eigenvalue weighted by Crippen LogP contribution is -2.36. The van der Waals surface area contributed by atoms with Gasteiger partial charge in [0.1, 0.15) is 6.04 Å². The van der Waals surface area contributed by atoms with Crippen molar-refractivity contribution < 1.29 is 9.32 Å². The molecule has 2 aromatic heterocycles. The van der Waals surface area contributed by atoms with Gasteiger partial charge in [-0.25, -0.2) is 4.98 Å². The molecule has 1 aromatic carbocycles. The lowest BCUT2D eigenvalue weighted by Gasteiger charge is -2.18. The highest BCUT2D eigenvalue weighted by Crippen LogP contribution is 2.47. The second kappa shape index (κ2) is 6.40. The summed E-state index contributed by atoms with van der Waals surface area (Å²) in [6.45, 7) is 4.52. The first-order valence-corrected chi connectivity index (χ1v) is 8.73. The van der Waals surface area contributed by atoms with Gasteiger partial charge in [-0.15, -0.1) is 0 Å². The number of nitrogens with one attached hydrogen (secondary N) is 1. The highest BCUT2D eigenvalue weighted by Gasteiger charge is 2.50. The van der Waals surface area contributed by atoms with Crippen LogP contribution in [0.2, 0.25) is 0 Å². The summed E-state index contributed by atoms with van der Waals surface area (Å²) < 4.78 is 7.31. The molecule has 1 unspecified atom stereocenters. The number of imidazole rings is 1. The summed E-state index contributed by atoms with van der Waals surface area (Å²) in [7, 11) is 0. The first kappa shape index (κ1) is 16.5. The van der Waals surface area contributed by atoms with Gasteiger partial charge in [0.25, 0.3) is 0 Å². The molecule has 1 atom stereocenters. The molecule has 0 radical (unpaired) electrons. The van der Waals surface area contributed by atoms with E-state index in [9.17, 15) is 4.79 Å². The summed E-state index contributed by atoms with van der Waals surface area (Å²) in [6, 6.07) is 7.58. The molecular formula is C19H21N5O2. The summed E-state index contributed by atoms with van der Waals surface area (Å²) >= 11 is 0. The fraction of sp³-hybridized carbons (Fsp3) is 0.368. The molecule has 1 amide bonds. The van der Waals surface area contributed by atoms with Gasteiger partial charge in [0.2, 0.25) is 17.6 Å². The molecule has 1 N–H and O–H groups in total. The Morgan fingerprint density at radius 3 is 2.96 bits per heavy atom. The van der Waals surface area contributed by atoms with E-state index in [0.29, 0.717) is 18.3 Å². The molecule has 7 nitrogen and oxygen atoms in total. The van der Waals surface area contributed by atoms with Crippen molar-refractivity contribution in [2.24, 2.45) is 5.41 Å². The van der Waals surface area contributed by atoms with Crippen LogP contribution in [0.25, 0.3) is 11.4 Å². The van der Waals surface area contributed by atoms with E-state index in [1.54, 1.807) is 12.5 Å². The number of aromatic nitrogens is 4. The zero-order chi connectivity index (χ0) is 18.1. The molecule has 2 heterocycles. The molecule has 4 rings (SSSR count). The third-order valence-electron chi connectivity index (χ3n) is 4.82. The lowest BCUT2D eigenvalue weighted by atomic mass is 10.1. The van der Waals surface area contributed by atoms with Crippen LogP contribution in [0.4, 0.5) is 0 Å². The molecule has 1 saturated carbocycles. The highest BCUT2D eigenvalue weighted by molar-refractivity contribution is 5.85. The van der Waals surface area contributed by atoms with Crippen molar-refractivity contribution in [3.63, 3.8) is 0 Å². The van der Waals surface area contributed by atoms with Gasteiger partial charge in [-0.1, -0.05) is 28.9 Å². The second-order valence-corrected chi connectivity index (χ2v) is 7.04. The minimum Gasteiger partial charge on any atom is -0.344 e. The van der Waals surface area contributed by atoms with Gasteiger partial charge in [0.15, 0.2) is 0 Å². The van der Waals surface area contributed by atoms with Crippen LogP contribution in [-0.2, 0) is 11.3 Å². The molecule has 1 aliphatic carbocycles. The topological polar surface area (TPSA) is 85.8 Å². The third kappa shape index (κ3) is 3.24. The van der Waals surface area contributed by atoms with E-state index in [-0.39, 0.29) is 17.4 Å². The molecule has 1 aliphatic rings. The van der Waals surface area contributed by atoms with Gasteiger partial charge in [-0.3, -0.25) is 4.79 Å². The SMILES string of the molecule is Cc1cccc(-c2noc(C(C)NC(=O)C3(Cn4ccnc4)CC3)n2)c1. The third-order valence-corrected chi connectivity index (χ3v) is 4.82. The Hall–Kier alpha value is -2.96. The van der Waals surface area contributed by atoms with Crippen molar-refractivity contribution >= 4 is 5.91 Å². The van der Waals surface area contributed by atoms with Crippen molar-refractivity contribution in [3.8, 4) is 11.4 Å². The number of rotatable bonds is 6. The summed E-state index contributed by atoms with van der Waals surface area (Å²) in [5, 5.41) is 7.06. The normalized spacial score (nSPS) is 16.2. The van der Waals surface area contributed by atoms with Gasteiger partial charge in [0, 0.05) is 24.5 Å². The first-order valence-electron chi connectivity index (χ1n) is 8.73. The average Bonchev–Trinajstić information content (AvgIpc) is 3.02. The molecular weight excluding hydrogens is 330 g/mol. The number of carbonyl (C=O) groups excluding carboxylic acids is 1. The summed E-state index contributed by atoms with van der Waals surface area (Å²) in [6.07, 6.45) is 7.10. The number of benzene rings is 1. The second-order valence-electron chi connectivity index (χ2n) is 7.04. The van der Waals surface area contributed by atoms with Crippen LogP contribution in [0.5, 0.6) is 0 Å². The molecule has 0 bridgehead atoms. The quantitative estimate of drug-likeness (QED) is 0.738. The van der Waals surface area contributed by atoms with Crippen LogP contribution in [0.1, 0.15) is 37.3 Å². The number of hydrogen-bond donors (Lipinski definition) is 1. The molecule has 3 aromatic rings. The fourth-order valence-corrected chi connectivity index (χ4v) is 3.06. The van der Waals surface area contributed by atoms with Crippen LogP contribution in [0.15, 0.2) is 47.5 Å². The van der Waals surface area contributed by atoms with Crippen molar-refractivity contribution in [2.75, 3.05) is 0 Å². The van der Waals surface area contributed by atoms with Crippen molar-refractivity contribution in [1.29, 1.82) is 0 Å². The van der Waals surface area contributed by atoms with Crippen LogP contribution in [-0.4, -0.2) is 25.6 Å². The van der Waals surface area contributed by atoms with Gasteiger partial charge >= 0.3 is 0 Å². The average molecular weight is 351 g/mol. The molecule has 26 heavy (non-hydrogen) atoms. The molecule has 0 saturated heterocycles. The lowest BCUT2D eigenvalue weighted by molar-refractivity contribution is -0.127. The zero-order valence-corrected chi connectivity index (χ0v) is 14.8. The van der Waals surface area contributed by atoms with E-state index >= 15 is 0 Å². The van der Waals surface area contributed by atoms with E-state index in [4.69, 9.17) is 4.52 Å². The molecule has 7 heteroatoms. The van der Waals surface area contributed by atoms with Crippen LogP contribution in [0.3, 0.4) is 0 Å². The molecule has 0 aliphatic heterocycles. The van der Waals surface area contributed by atoms with Crippen molar-refractivity contribution in [2.45, 2.75) is 39.3 Å². The van der Waals surface area contributed by atoms with E-state index in [0.717, 1.165) is 24.0 Å². The van der Waals surface area contributed by atoms with E-state index in [1.165, 1.54) is 0 Å². The Balaban J connectivity index is 1.44. The molecule has 1 fully saturated rings. The smallest absolute Gasteiger partial charge is 0.249 e. The number of amides is 1. The Kier molecular flexibility index (Phi) is 4.06. The summed E-state index contributed by atoms with van der Waals surface area (Å²) in [4.78, 5) is 21.2. The maximum Gasteiger partial charge on any atom is 0.249 e. The maximum atomic E-state index is 12.7. The molecule has 134 valence electrons. The van der Waals surface area contributed by atoms with E-state index in [2.05, 4.69) is 20.4 Å². The predicted molar refractivity (Wildman–Crippen MR) is 94.9 cm³/mol. The zero-order valence-electron chi connectivity index (χ0n) is 14.8. The van der Waals surface area contributed by atoms with Crippen LogP contribution in [0, 0.1) is 12.3 Å². The number of hydrogen-bond acceptors (Lipinski definition) is 5. The maximum absolute atomic E-state index is 12.7. The highest BCUT2D eigenvalue weighted by atomic mass is 16.5. The fourth-order valence-electron chi connectivity index (χ4n) is 3.06. The Morgan fingerprint density at radius 1 is 1.42 bits per heavy atom. The standard InChI is InChI=1S/C19H21N5O2/c1-13-4-3-5-15(10-13)16-22-17(26-23-16)14(2)21-18(25)19(6-7-19)11-24-9-8-20-12-24/h3-5,8-10,12,14H,6-7,11H2,1-2H3,(H,21,25). The summed E-state index contributed by atoms with van der Waals surface area (Å²) in [5.74, 6) is 0.964. The Morgan fingerprint density at radius 2 is 2.27 bits per heavy atom. The largest absolute Gasteiger partial charge is 0.344 e. The van der Waals surface area contributed by atoms with Gasteiger partial charge < -0.3 is 14.4 Å². The monoisotopic (exact) mass is 351 g/mol. The van der Waals surface area contributed by atoms with Gasteiger partial charge in [-0.2, -0.15) is 4.98 Å². The first-order chi connectivity index (χ1) is 12.6. The summed E-state index contributed by atoms with van der Waals surface area (Å²) in [5.41, 5.74) is 1.68. The Labute approximate surface area is 151 Å². The van der Waals surface area contributed by atoms with Crippen molar-refractivity contribution in [3.05, 3.63) is 54.4 Å². The molecule has 0 spiro atoms. The number of carbonyl (C=O) groups is 1. The Bertz CT molecular complexity index is 912. The van der Waals surface area contributed by atoms with Crippen LogP contribution >= 0.6 is 0 Å². The number of nitrogens with zero attached hydrogens (tertiary/aromatic N) is 4. The van der Waals surface area contributed by atoms with Gasteiger partial charge in [-0.05, 0) is 32.8 Å². The predicted octanol–water partition coefficient (Wildman–Crippen LogP) is 2.90.